The second kappa shape index (κ2) is 4.08. The Kier molecular flexibility index (Phi) is 3.72. The molecule has 0 bridgehead atoms. The molecule has 0 unspecified atom stereocenters. The van der Waals surface area contributed by atoms with E-state index in [0.717, 1.165) is 0 Å². The molecule has 0 saturated carbocycles. The Morgan fingerprint density at radius 2 is 2.33 bits per heavy atom. The maximum atomic E-state index is 10.7. The average Bonchev–Trinajstić information content (AvgIpc) is 2.30. The van der Waals surface area contributed by atoms with E-state index in [2.05, 4.69) is 5.10 Å². The first-order valence-corrected chi connectivity index (χ1v) is 3.18. The molecule has 1 rings (SSSR count). The number of carbonyl (C=O) groups excluding carboxylic acids is 1. The third-order valence-corrected chi connectivity index (χ3v) is 1.39. The Hall–Kier alpha value is -1.07. The highest BCUT2D eigenvalue weighted by molar-refractivity contribution is 5.91. The summed E-state index contributed by atoms with van der Waals surface area (Å²) in [6.07, 6.45) is 0. The van der Waals surface area contributed by atoms with Gasteiger partial charge in [-0.25, -0.2) is 0 Å². The van der Waals surface area contributed by atoms with Crippen molar-refractivity contribution in [3.8, 4) is 0 Å². The van der Waals surface area contributed by atoms with Gasteiger partial charge in [-0.3, -0.25) is 9.48 Å². The molecule has 1 aromatic rings. The highest BCUT2D eigenvalue weighted by Crippen LogP contribution is 2.00. The van der Waals surface area contributed by atoms with Crippen LogP contribution < -0.4 is 11.5 Å². The zero-order chi connectivity index (χ0) is 8.43. The van der Waals surface area contributed by atoms with E-state index in [1.165, 1.54) is 4.68 Å². The van der Waals surface area contributed by atoms with Gasteiger partial charge in [0, 0.05) is 13.6 Å². The van der Waals surface area contributed by atoms with Crippen LogP contribution in [0.25, 0.3) is 0 Å². The van der Waals surface area contributed by atoms with Gasteiger partial charge in [0.15, 0.2) is 0 Å². The molecule has 0 aliphatic carbocycles. The lowest BCUT2D eigenvalue weighted by molar-refractivity contribution is 0.0991. The van der Waals surface area contributed by atoms with E-state index in [1.807, 2.05) is 0 Å². The lowest BCUT2D eigenvalue weighted by atomic mass is 10.3. The number of halogens is 1. The summed E-state index contributed by atoms with van der Waals surface area (Å²) in [5.74, 6) is -0.486. The maximum absolute atomic E-state index is 10.7. The molecule has 4 N–H and O–H groups in total. The van der Waals surface area contributed by atoms with Crippen molar-refractivity contribution < 1.29 is 4.79 Å². The van der Waals surface area contributed by atoms with Gasteiger partial charge >= 0.3 is 0 Å². The molecule has 0 aliphatic heterocycles. The fraction of sp³-hybridized carbons (Fsp3) is 0.333. The Morgan fingerprint density at radius 3 is 2.58 bits per heavy atom. The molecule has 0 atom stereocenters. The summed E-state index contributed by atoms with van der Waals surface area (Å²) in [7, 11) is 1.65. The Labute approximate surface area is 76.1 Å². The number of rotatable bonds is 2. The SMILES string of the molecule is Cl.Cn1nc(CN)cc1C(N)=O. The van der Waals surface area contributed by atoms with Crippen molar-refractivity contribution in [1.29, 1.82) is 0 Å². The zero-order valence-electron chi connectivity index (χ0n) is 6.65. The molecule has 0 spiro atoms. The minimum absolute atomic E-state index is 0. The number of aromatic nitrogens is 2. The quantitative estimate of drug-likeness (QED) is 0.653. The summed E-state index contributed by atoms with van der Waals surface area (Å²) in [5, 5.41) is 3.94. The van der Waals surface area contributed by atoms with Crippen molar-refractivity contribution in [3.05, 3.63) is 17.5 Å². The molecule has 0 fully saturated rings. The minimum atomic E-state index is -0.486. The molecular formula is C6H11ClN4O. The lowest BCUT2D eigenvalue weighted by Crippen LogP contribution is -2.15. The van der Waals surface area contributed by atoms with Gasteiger partial charge in [-0.05, 0) is 6.07 Å². The molecule has 5 nitrogen and oxygen atoms in total. The number of hydrogen-bond donors (Lipinski definition) is 2. The summed E-state index contributed by atoms with van der Waals surface area (Å²) in [4.78, 5) is 10.7. The number of hydrogen-bond acceptors (Lipinski definition) is 3. The van der Waals surface area contributed by atoms with Crippen LogP contribution in [0.2, 0.25) is 0 Å². The topological polar surface area (TPSA) is 86.9 Å². The van der Waals surface area contributed by atoms with Crippen molar-refractivity contribution >= 4 is 18.3 Å². The molecule has 0 aliphatic rings. The largest absolute Gasteiger partial charge is 0.364 e. The van der Waals surface area contributed by atoms with Crippen molar-refractivity contribution in [1.82, 2.24) is 9.78 Å². The third kappa shape index (κ3) is 1.96. The Balaban J connectivity index is 0.00000121. The molecule has 0 aromatic carbocycles. The smallest absolute Gasteiger partial charge is 0.266 e. The van der Waals surface area contributed by atoms with Gasteiger partial charge in [0.25, 0.3) is 5.91 Å². The van der Waals surface area contributed by atoms with Crippen LogP contribution in [0.1, 0.15) is 16.2 Å². The highest BCUT2D eigenvalue weighted by atomic mass is 35.5. The molecule has 68 valence electrons. The van der Waals surface area contributed by atoms with Crippen molar-refractivity contribution in [3.63, 3.8) is 0 Å². The molecule has 1 amide bonds. The van der Waals surface area contributed by atoms with Gasteiger partial charge in [0.2, 0.25) is 0 Å². The first-order valence-electron chi connectivity index (χ1n) is 3.18. The number of nitrogens with zero attached hydrogens (tertiary/aromatic N) is 2. The second-order valence-electron chi connectivity index (χ2n) is 2.21. The predicted octanol–water partition coefficient (Wildman–Crippen LogP) is -0.600. The van der Waals surface area contributed by atoms with E-state index in [0.29, 0.717) is 17.9 Å². The van der Waals surface area contributed by atoms with Crippen molar-refractivity contribution in [2.24, 2.45) is 18.5 Å². The number of primary amides is 1. The summed E-state index contributed by atoms with van der Waals surface area (Å²) in [5.41, 5.74) is 11.4. The fourth-order valence-corrected chi connectivity index (χ4v) is 0.857. The molecular weight excluding hydrogens is 180 g/mol. The molecule has 1 heterocycles. The Morgan fingerprint density at radius 1 is 1.75 bits per heavy atom. The summed E-state index contributed by atoms with van der Waals surface area (Å²) in [6.45, 7) is 0.321. The molecule has 12 heavy (non-hydrogen) atoms. The third-order valence-electron chi connectivity index (χ3n) is 1.39. The van der Waals surface area contributed by atoms with E-state index in [-0.39, 0.29) is 12.4 Å². The Bertz CT molecular complexity index is 283. The van der Waals surface area contributed by atoms with Crippen LogP contribution in [0.5, 0.6) is 0 Å². The second-order valence-corrected chi connectivity index (χ2v) is 2.21. The van der Waals surface area contributed by atoms with Gasteiger partial charge in [0.05, 0.1) is 5.69 Å². The van der Waals surface area contributed by atoms with Crippen LogP contribution in [0.4, 0.5) is 0 Å². The standard InChI is InChI=1S/C6H10N4O.ClH/c1-10-5(6(8)11)2-4(3-7)9-10;/h2H,3,7H2,1H3,(H2,8,11);1H. The van der Waals surface area contributed by atoms with Gasteiger partial charge in [0.1, 0.15) is 5.69 Å². The van der Waals surface area contributed by atoms with E-state index in [4.69, 9.17) is 11.5 Å². The van der Waals surface area contributed by atoms with Crippen molar-refractivity contribution in [2.45, 2.75) is 6.54 Å². The molecule has 6 heteroatoms. The lowest BCUT2D eigenvalue weighted by Gasteiger charge is -1.92. The van der Waals surface area contributed by atoms with Crippen LogP contribution in [0, 0.1) is 0 Å². The van der Waals surface area contributed by atoms with Crippen LogP contribution in [0.15, 0.2) is 6.07 Å². The number of carbonyl (C=O) groups is 1. The normalized spacial score (nSPS) is 9.17. The van der Waals surface area contributed by atoms with Crippen LogP contribution in [0.3, 0.4) is 0 Å². The predicted molar refractivity (Wildman–Crippen MR) is 46.9 cm³/mol. The van der Waals surface area contributed by atoms with Gasteiger partial charge < -0.3 is 11.5 Å². The first kappa shape index (κ1) is 10.9. The van der Waals surface area contributed by atoms with Crippen molar-refractivity contribution in [2.75, 3.05) is 0 Å². The first-order chi connectivity index (χ1) is 5.15. The van der Waals surface area contributed by atoms with Gasteiger partial charge in [-0.2, -0.15) is 5.10 Å². The number of amides is 1. The molecule has 0 radical (unpaired) electrons. The van der Waals surface area contributed by atoms with Crippen LogP contribution in [-0.2, 0) is 13.6 Å². The molecule has 0 saturated heterocycles. The van der Waals surface area contributed by atoms with E-state index >= 15 is 0 Å². The summed E-state index contributed by atoms with van der Waals surface area (Å²) < 4.78 is 1.42. The van der Waals surface area contributed by atoms with Crippen LogP contribution in [-0.4, -0.2) is 15.7 Å². The number of nitrogens with two attached hydrogens (primary N) is 2. The van der Waals surface area contributed by atoms with E-state index < -0.39 is 5.91 Å². The van der Waals surface area contributed by atoms with Gasteiger partial charge in [-0.1, -0.05) is 0 Å². The van der Waals surface area contributed by atoms with Crippen LogP contribution >= 0.6 is 12.4 Å². The zero-order valence-corrected chi connectivity index (χ0v) is 7.47. The minimum Gasteiger partial charge on any atom is -0.364 e. The highest BCUT2D eigenvalue weighted by Gasteiger charge is 2.07. The summed E-state index contributed by atoms with van der Waals surface area (Å²) in [6, 6.07) is 1.59. The monoisotopic (exact) mass is 190 g/mol. The fourth-order valence-electron chi connectivity index (χ4n) is 0.857. The van der Waals surface area contributed by atoms with E-state index in [1.54, 1.807) is 13.1 Å². The maximum Gasteiger partial charge on any atom is 0.266 e. The van der Waals surface area contributed by atoms with E-state index in [9.17, 15) is 4.79 Å². The summed E-state index contributed by atoms with van der Waals surface area (Å²) >= 11 is 0. The number of aryl methyl sites for hydroxylation is 1. The van der Waals surface area contributed by atoms with Gasteiger partial charge in [-0.15, -0.1) is 12.4 Å². The average molecular weight is 191 g/mol. The molecule has 1 aromatic heterocycles.